The van der Waals surface area contributed by atoms with Crippen LogP contribution in [0.5, 0.6) is 0 Å². The molecule has 0 fully saturated rings. The Morgan fingerprint density at radius 1 is 1.32 bits per heavy atom. The van der Waals surface area contributed by atoms with Gasteiger partial charge in [0.05, 0.1) is 5.69 Å². The number of rotatable bonds is 7. The molecular weight excluding hydrogens is 278 g/mol. The first-order valence-corrected chi connectivity index (χ1v) is 7.42. The van der Waals surface area contributed by atoms with Gasteiger partial charge in [0, 0.05) is 18.7 Å². The molecule has 0 aliphatic carbocycles. The lowest BCUT2D eigenvalue weighted by molar-refractivity contribution is -0.109. The zero-order valence-electron chi connectivity index (χ0n) is 12.9. The van der Waals surface area contributed by atoms with Crippen LogP contribution in [0, 0.1) is 12.7 Å². The fourth-order valence-corrected chi connectivity index (χ4v) is 2.43. The van der Waals surface area contributed by atoms with Crippen molar-refractivity contribution in [2.24, 2.45) is 0 Å². The van der Waals surface area contributed by atoms with Crippen molar-refractivity contribution in [2.45, 2.75) is 26.6 Å². The summed E-state index contributed by atoms with van der Waals surface area (Å²) < 4.78 is 13.1. The van der Waals surface area contributed by atoms with Crippen molar-refractivity contribution < 1.29 is 9.18 Å². The number of aromatic nitrogens is 1. The van der Waals surface area contributed by atoms with E-state index in [4.69, 9.17) is 4.98 Å². The Kier molecular flexibility index (Phi) is 5.70. The molecule has 3 nitrogen and oxygen atoms in total. The number of benzene rings is 1. The Bertz CT molecular complexity index is 644. The van der Waals surface area contributed by atoms with Crippen LogP contribution in [-0.4, -0.2) is 25.2 Å². The predicted molar refractivity (Wildman–Crippen MR) is 88.0 cm³/mol. The third kappa shape index (κ3) is 3.94. The van der Waals surface area contributed by atoms with Crippen molar-refractivity contribution in [1.82, 2.24) is 10.3 Å². The minimum Gasteiger partial charge on any atom is -0.358 e. The molecule has 2 aromatic rings. The van der Waals surface area contributed by atoms with Crippen molar-refractivity contribution in [3.8, 4) is 11.3 Å². The highest BCUT2D eigenvalue weighted by Crippen LogP contribution is 2.18. The number of hydrogen-bond donors (Lipinski definition) is 1. The number of nitrogens with zero attached hydrogens (tertiary/aromatic N) is 1. The second-order valence-corrected chi connectivity index (χ2v) is 5.13. The number of nitrogens with one attached hydrogen (secondary N) is 1. The molecule has 22 heavy (non-hydrogen) atoms. The van der Waals surface area contributed by atoms with Crippen LogP contribution < -0.4 is 10.8 Å². The van der Waals surface area contributed by atoms with Gasteiger partial charge in [0.25, 0.3) is 0 Å². The molecule has 1 aromatic heterocycles. The van der Waals surface area contributed by atoms with Gasteiger partial charge < -0.3 is 5.32 Å². The topological polar surface area (TPSA) is 42.0 Å². The summed E-state index contributed by atoms with van der Waals surface area (Å²) in [6.07, 6.45) is 2.26. The standard InChI is InChI=1S/C17H19BFN2O/c1-3-18-16-12(2)10-15(8-9-20-11-22)21-17(16)13-4-6-14(19)7-5-13/h4-7,10-11H,3,8-9H2,1-2H3,(H,20,22). The predicted octanol–water partition coefficient (Wildman–Crippen LogP) is 2.25. The summed E-state index contributed by atoms with van der Waals surface area (Å²) in [7, 11) is 2.13. The molecule has 1 radical (unpaired) electrons. The molecule has 0 bridgehead atoms. The van der Waals surface area contributed by atoms with Gasteiger partial charge in [0.2, 0.25) is 6.41 Å². The minimum absolute atomic E-state index is 0.257. The maximum absolute atomic E-state index is 13.1. The van der Waals surface area contributed by atoms with Gasteiger partial charge in [0.15, 0.2) is 7.28 Å². The first-order valence-electron chi connectivity index (χ1n) is 7.42. The van der Waals surface area contributed by atoms with Crippen LogP contribution in [-0.2, 0) is 11.2 Å². The van der Waals surface area contributed by atoms with E-state index in [1.54, 1.807) is 12.1 Å². The number of carbonyl (C=O) groups is 1. The summed E-state index contributed by atoms with van der Waals surface area (Å²) in [6.45, 7) is 4.68. The Labute approximate surface area is 131 Å². The Morgan fingerprint density at radius 2 is 2.05 bits per heavy atom. The first-order chi connectivity index (χ1) is 10.7. The second kappa shape index (κ2) is 7.73. The summed E-state index contributed by atoms with van der Waals surface area (Å²) in [5.41, 5.74) is 4.90. The lowest BCUT2D eigenvalue weighted by Crippen LogP contribution is -2.23. The van der Waals surface area contributed by atoms with Crippen LogP contribution >= 0.6 is 0 Å². The van der Waals surface area contributed by atoms with Crippen molar-refractivity contribution in [1.29, 1.82) is 0 Å². The quantitative estimate of drug-likeness (QED) is 0.484. The first kappa shape index (κ1) is 16.2. The zero-order valence-corrected chi connectivity index (χ0v) is 12.9. The van der Waals surface area contributed by atoms with E-state index in [2.05, 4.69) is 19.5 Å². The van der Waals surface area contributed by atoms with Gasteiger partial charge in [-0.2, -0.15) is 0 Å². The number of carbonyl (C=O) groups excluding carboxylic acids is 1. The van der Waals surface area contributed by atoms with Crippen LogP contribution in [0.15, 0.2) is 30.3 Å². The van der Waals surface area contributed by atoms with Crippen LogP contribution in [0.25, 0.3) is 11.3 Å². The van der Waals surface area contributed by atoms with Gasteiger partial charge in [0.1, 0.15) is 5.82 Å². The highest BCUT2D eigenvalue weighted by Gasteiger charge is 2.12. The molecular formula is C17H19BFN2O. The number of halogens is 1. The molecule has 1 N–H and O–H groups in total. The van der Waals surface area contributed by atoms with Gasteiger partial charge in [-0.15, -0.1) is 0 Å². The van der Waals surface area contributed by atoms with Crippen LogP contribution in [0.2, 0.25) is 6.32 Å². The third-order valence-electron chi connectivity index (χ3n) is 3.45. The van der Waals surface area contributed by atoms with Crippen molar-refractivity contribution in [3.63, 3.8) is 0 Å². The maximum atomic E-state index is 13.1. The molecule has 2 rings (SSSR count). The average Bonchev–Trinajstić information content (AvgIpc) is 2.51. The minimum atomic E-state index is -0.257. The molecule has 113 valence electrons. The largest absolute Gasteiger partial charge is 0.358 e. The number of aryl methyl sites for hydroxylation is 1. The molecule has 0 saturated heterocycles. The Morgan fingerprint density at radius 3 is 2.68 bits per heavy atom. The van der Waals surface area contributed by atoms with Gasteiger partial charge >= 0.3 is 0 Å². The SMILES string of the molecule is CC[B]c1c(C)cc(CCNC=O)nc1-c1ccc(F)cc1. The number of hydrogen-bond acceptors (Lipinski definition) is 2. The van der Waals surface area contributed by atoms with Crippen LogP contribution in [0.1, 0.15) is 18.2 Å². The van der Waals surface area contributed by atoms with E-state index in [1.165, 1.54) is 12.1 Å². The zero-order chi connectivity index (χ0) is 15.9. The second-order valence-electron chi connectivity index (χ2n) is 5.13. The number of pyridine rings is 1. The lowest BCUT2D eigenvalue weighted by atomic mass is 9.64. The summed E-state index contributed by atoms with van der Waals surface area (Å²) in [4.78, 5) is 15.1. The fourth-order valence-electron chi connectivity index (χ4n) is 2.43. The smallest absolute Gasteiger partial charge is 0.207 e. The van der Waals surface area contributed by atoms with Crippen molar-refractivity contribution in [2.75, 3.05) is 6.54 Å². The van der Waals surface area contributed by atoms with E-state index in [0.29, 0.717) is 19.4 Å². The molecule has 0 aliphatic rings. The van der Waals surface area contributed by atoms with Gasteiger partial charge in [-0.05, 0) is 42.8 Å². The normalized spacial score (nSPS) is 10.3. The summed E-state index contributed by atoms with van der Waals surface area (Å²) in [5, 5.41) is 2.64. The lowest BCUT2D eigenvalue weighted by Gasteiger charge is -2.14. The van der Waals surface area contributed by atoms with Crippen LogP contribution in [0.3, 0.4) is 0 Å². The summed E-state index contributed by atoms with van der Waals surface area (Å²) in [6, 6.07) is 8.43. The third-order valence-corrected chi connectivity index (χ3v) is 3.45. The summed E-state index contributed by atoms with van der Waals surface area (Å²) in [5.74, 6) is -0.257. The highest BCUT2D eigenvalue weighted by molar-refractivity contribution is 6.55. The van der Waals surface area contributed by atoms with Crippen molar-refractivity contribution >= 4 is 19.2 Å². The molecule has 0 saturated carbocycles. The van der Waals surface area contributed by atoms with Crippen LogP contribution in [0.4, 0.5) is 4.39 Å². The van der Waals surface area contributed by atoms with Gasteiger partial charge in [-0.1, -0.05) is 24.3 Å². The summed E-state index contributed by atoms with van der Waals surface area (Å²) >= 11 is 0. The van der Waals surface area contributed by atoms with Gasteiger partial charge in [-0.3, -0.25) is 9.78 Å². The monoisotopic (exact) mass is 297 g/mol. The molecule has 1 heterocycles. The molecule has 0 unspecified atom stereocenters. The highest BCUT2D eigenvalue weighted by atomic mass is 19.1. The molecule has 1 aromatic carbocycles. The molecule has 0 aliphatic heterocycles. The van der Waals surface area contributed by atoms with Crippen molar-refractivity contribution in [3.05, 3.63) is 47.4 Å². The van der Waals surface area contributed by atoms with E-state index < -0.39 is 0 Å². The maximum Gasteiger partial charge on any atom is 0.207 e. The molecule has 0 spiro atoms. The van der Waals surface area contributed by atoms with E-state index in [-0.39, 0.29) is 5.82 Å². The fraction of sp³-hybridized carbons (Fsp3) is 0.294. The van der Waals surface area contributed by atoms with Gasteiger partial charge in [-0.25, -0.2) is 4.39 Å². The number of amides is 1. The van der Waals surface area contributed by atoms with E-state index in [0.717, 1.165) is 34.3 Å². The van der Waals surface area contributed by atoms with E-state index in [1.807, 2.05) is 13.0 Å². The molecule has 1 amide bonds. The Hall–Kier alpha value is -2.17. The van der Waals surface area contributed by atoms with E-state index >= 15 is 0 Å². The Balaban J connectivity index is 2.42. The molecule has 5 heteroatoms. The average molecular weight is 297 g/mol. The molecule has 0 atom stereocenters. The van der Waals surface area contributed by atoms with E-state index in [9.17, 15) is 9.18 Å².